The molecular weight excluding hydrogens is 324 g/mol. The van der Waals surface area contributed by atoms with Gasteiger partial charge in [-0.3, -0.25) is 0 Å². The van der Waals surface area contributed by atoms with E-state index >= 15 is 0 Å². The van der Waals surface area contributed by atoms with Crippen LogP contribution in [0.15, 0.2) is 22.7 Å². The average Bonchev–Trinajstić information content (AvgIpc) is 2.90. The van der Waals surface area contributed by atoms with Gasteiger partial charge in [-0.05, 0) is 31.0 Å². The quantitative estimate of drug-likeness (QED) is 0.808. The summed E-state index contributed by atoms with van der Waals surface area (Å²) in [7, 11) is 0. The number of aliphatic hydroxyl groups is 1. The molecule has 0 spiro atoms. The number of thiocarbonyl (C=S) groups is 1. The lowest BCUT2D eigenvalue weighted by Gasteiger charge is -2.32. The molecule has 2 rings (SSSR count). The molecule has 0 saturated heterocycles. The molecule has 0 amide bonds. The fourth-order valence-corrected chi connectivity index (χ4v) is 3.30. The van der Waals surface area contributed by atoms with Crippen molar-refractivity contribution < 1.29 is 5.11 Å². The maximum Gasteiger partial charge on any atom is 0.106 e. The Balaban J connectivity index is 2.37. The zero-order valence-corrected chi connectivity index (χ0v) is 13.2. The van der Waals surface area contributed by atoms with Crippen molar-refractivity contribution >= 4 is 38.8 Å². The molecule has 5 heteroatoms. The van der Waals surface area contributed by atoms with E-state index < -0.39 is 0 Å². The second-order valence-corrected chi connectivity index (χ2v) is 6.24. The maximum absolute atomic E-state index is 9.33. The van der Waals surface area contributed by atoms with Crippen molar-refractivity contribution in [3.8, 4) is 0 Å². The van der Waals surface area contributed by atoms with Gasteiger partial charge >= 0.3 is 0 Å². The Morgan fingerprint density at radius 2 is 2.11 bits per heavy atom. The van der Waals surface area contributed by atoms with Crippen LogP contribution in [-0.2, 0) is 0 Å². The lowest BCUT2D eigenvalue weighted by atomic mass is 10.1. The second kappa shape index (κ2) is 6.68. The number of aliphatic hydroxyl groups excluding tert-OH is 1. The lowest BCUT2D eigenvalue weighted by molar-refractivity contribution is 0.297. The van der Waals surface area contributed by atoms with Crippen molar-refractivity contribution in [3.05, 3.63) is 28.2 Å². The molecule has 0 atom stereocenters. The molecule has 104 valence electrons. The number of nitrogens with zero attached hydrogens (tertiary/aromatic N) is 1. The summed E-state index contributed by atoms with van der Waals surface area (Å²) in [4.78, 5) is 2.66. The summed E-state index contributed by atoms with van der Waals surface area (Å²) in [5, 5.41) is 9.33. The standard InChI is InChI=1S/C14H19BrN2OS/c15-10-5-6-13(12(9-10)14(16)19)17(7-8-18)11-3-1-2-4-11/h5-6,9,11,18H,1-4,7-8H2,(H2,16,19). The largest absolute Gasteiger partial charge is 0.395 e. The predicted octanol–water partition coefficient (Wildman–Crippen LogP) is 2.82. The van der Waals surface area contributed by atoms with Crippen molar-refractivity contribution in [3.63, 3.8) is 0 Å². The van der Waals surface area contributed by atoms with Gasteiger partial charge in [-0.15, -0.1) is 0 Å². The zero-order chi connectivity index (χ0) is 13.8. The fraction of sp³-hybridized carbons (Fsp3) is 0.500. The summed E-state index contributed by atoms with van der Waals surface area (Å²) in [5.74, 6) is 0. The van der Waals surface area contributed by atoms with Gasteiger partial charge < -0.3 is 15.7 Å². The van der Waals surface area contributed by atoms with Crippen LogP contribution in [0.2, 0.25) is 0 Å². The molecule has 0 aliphatic heterocycles. The number of hydrogen-bond acceptors (Lipinski definition) is 3. The van der Waals surface area contributed by atoms with Crippen LogP contribution in [0.25, 0.3) is 0 Å². The summed E-state index contributed by atoms with van der Waals surface area (Å²) >= 11 is 8.61. The maximum atomic E-state index is 9.33. The van der Waals surface area contributed by atoms with Crippen molar-refractivity contribution in [1.82, 2.24) is 0 Å². The molecule has 1 aromatic rings. The van der Waals surface area contributed by atoms with Crippen molar-refractivity contribution in [2.24, 2.45) is 5.73 Å². The third-order valence-electron chi connectivity index (χ3n) is 3.64. The van der Waals surface area contributed by atoms with E-state index in [-0.39, 0.29) is 6.61 Å². The van der Waals surface area contributed by atoms with Crippen molar-refractivity contribution in [2.75, 3.05) is 18.1 Å². The summed E-state index contributed by atoms with van der Waals surface area (Å²) in [5.41, 5.74) is 7.76. The Hall–Kier alpha value is -0.650. The molecule has 3 nitrogen and oxygen atoms in total. The highest BCUT2D eigenvalue weighted by Gasteiger charge is 2.24. The van der Waals surface area contributed by atoms with Crippen molar-refractivity contribution in [2.45, 2.75) is 31.7 Å². The number of nitrogens with two attached hydrogens (primary N) is 1. The van der Waals surface area contributed by atoms with E-state index in [1.807, 2.05) is 18.2 Å². The SMILES string of the molecule is NC(=S)c1cc(Br)ccc1N(CCO)C1CCCC1. The Morgan fingerprint density at radius 3 is 2.68 bits per heavy atom. The second-order valence-electron chi connectivity index (χ2n) is 4.88. The molecule has 1 aliphatic rings. The lowest BCUT2D eigenvalue weighted by Crippen LogP contribution is -2.37. The van der Waals surface area contributed by atoms with E-state index in [4.69, 9.17) is 18.0 Å². The average molecular weight is 343 g/mol. The summed E-state index contributed by atoms with van der Waals surface area (Å²) in [6.07, 6.45) is 4.86. The highest BCUT2D eigenvalue weighted by molar-refractivity contribution is 9.10. The third kappa shape index (κ3) is 3.46. The van der Waals surface area contributed by atoms with E-state index in [9.17, 15) is 5.11 Å². The van der Waals surface area contributed by atoms with E-state index in [1.165, 1.54) is 25.7 Å². The van der Waals surface area contributed by atoms with Crippen molar-refractivity contribution in [1.29, 1.82) is 0 Å². The minimum Gasteiger partial charge on any atom is -0.395 e. The Kier molecular flexibility index (Phi) is 5.19. The molecule has 1 aliphatic carbocycles. The molecule has 0 unspecified atom stereocenters. The molecule has 1 fully saturated rings. The van der Waals surface area contributed by atoms with Crippen LogP contribution < -0.4 is 10.6 Å². The minimum absolute atomic E-state index is 0.142. The van der Waals surface area contributed by atoms with Gasteiger partial charge in [-0.1, -0.05) is 41.0 Å². The van der Waals surface area contributed by atoms with Crippen LogP contribution in [0.3, 0.4) is 0 Å². The fourth-order valence-electron chi connectivity index (χ4n) is 2.78. The normalized spacial score (nSPS) is 15.7. The monoisotopic (exact) mass is 342 g/mol. The highest BCUT2D eigenvalue weighted by atomic mass is 79.9. The first-order chi connectivity index (χ1) is 9.13. The first-order valence-corrected chi connectivity index (χ1v) is 7.80. The molecule has 3 N–H and O–H groups in total. The number of halogens is 1. The van der Waals surface area contributed by atoms with Gasteiger partial charge in [0.15, 0.2) is 0 Å². The number of rotatable bonds is 5. The highest BCUT2D eigenvalue weighted by Crippen LogP contribution is 2.31. The van der Waals surface area contributed by atoms with E-state index in [0.717, 1.165) is 15.7 Å². The molecule has 1 aromatic carbocycles. The van der Waals surface area contributed by atoms with Crippen LogP contribution in [-0.4, -0.2) is 29.3 Å². The van der Waals surface area contributed by atoms with Gasteiger partial charge in [0.05, 0.1) is 6.61 Å². The summed E-state index contributed by atoms with van der Waals surface area (Å²) in [6, 6.07) is 6.47. The van der Waals surface area contributed by atoms with Crippen LogP contribution in [0.4, 0.5) is 5.69 Å². The van der Waals surface area contributed by atoms with Gasteiger partial charge in [-0.2, -0.15) is 0 Å². The number of benzene rings is 1. The molecular formula is C14H19BrN2OS. The predicted molar refractivity (Wildman–Crippen MR) is 86.7 cm³/mol. The molecule has 0 bridgehead atoms. The molecule has 1 saturated carbocycles. The first kappa shape index (κ1) is 14.8. The Bertz CT molecular complexity index is 461. The van der Waals surface area contributed by atoms with Gasteiger partial charge in [0.25, 0.3) is 0 Å². The number of anilines is 1. The van der Waals surface area contributed by atoms with Gasteiger partial charge in [-0.25, -0.2) is 0 Å². The van der Waals surface area contributed by atoms with Gasteiger partial charge in [0, 0.05) is 28.3 Å². The first-order valence-electron chi connectivity index (χ1n) is 6.60. The van der Waals surface area contributed by atoms with Crippen LogP contribution in [0.5, 0.6) is 0 Å². The van der Waals surface area contributed by atoms with Gasteiger partial charge in [0.1, 0.15) is 4.99 Å². The number of hydrogen-bond donors (Lipinski definition) is 2. The third-order valence-corrected chi connectivity index (χ3v) is 4.35. The smallest absolute Gasteiger partial charge is 0.106 e. The van der Waals surface area contributed by atoms with Gasteiger partial charge in [0.2, 0.25) is 0 Å². The minimum atomic E-state index is 0.142. The molecule has 19 heavy (non-hydrogen) atoms. The molecule has 0 aromatic heterocycles. The topological polar surface area (TPSA) is 49.5 Å². The van der Waals surface area contributed by atoms with E-state index in [1.54, 1.807) is 0 Å². The van der Waals surface area contributed by atoms with E-state index in [2.05, 4.69) is 20.8 Å². The Labute approximate surface area is 127 Å². The summed E-state index contributed by atoms with van der Waals surface area (Å²) in [6.45, 7) is 0.769. The van der Waals surface area contributed by atoms with Crippen LogP contribution in [0.1, 0.15) is 31.2 Å². The van der Waals surface area contributed by atoms with Crippen LogP contribution in [0, 0.1) is 0 Å². The Morgan fingerprint density at radius 1 is 1.42 bits per heavy atom. The molecule has 0 radical (unpaired) electrons. The van der Waals surface area contributed by atoms with E-state index in [0.29, 0.717) is 17.6 Å². The summed E-state index contributed by atoms with van der Waals surface area (Å²) < 4.78 is 0.967. The van der Waals surface area contributed by atoms with Crippen LogP contribution >= 0.6 is 28.1 Å². The molecule has 0 heterocycles. The zero-order valence-electron chi connectivity index (χ0n) is 10.8.